The van der Waals surface area contributed by atoms with E-state index in [0.717, 1.165) is 30.1 Å². The van der Waals surface area contributed by atoms with Gasteiger partial charge in [-0.05, 0) is 43.3 Å². The predicted octanol–water partition coefficient (Wildman–Crippen LogP) is 4.50. The molecule has 3 aromatic carbocycles. The highest BCUT2D eigenvalue weighted by Gasteiger charge is 2.24. The molecule has 0 spiro atoms. The van der Waals surface area contributed by atoms with Crippen molar-refractivity contribution in [1.29, 1.82) is 5.26 Å². The standard InChI is InChI=1S/C27H27N3O3/c1-2-32-26-13-6-5-12-25(26)29-14-16-30(17-15-29)27(31)21-10-7-11-24(18-21)33-20-23-9-4-3-8-22(23)19-28/h3-13,18H,2,14-17,20H2,1H3. The van der Waals surface area contributed by atoms with Gasteiger partial charge in [0.25, 0.3) is 5.91 Å². The first-order valence-electron chi connectivity index (χ1n) is 11.2. The summed E-state index contributed by atoms with van der Waals surface area (Å²) in [6.45, 7) is 5.65. The minimum Gasteiger partial charge on any atom is -0.492 e. The molecule has 0 aromatic heterocycles. The van der Waals surface area contributed by atoms with Gasteiger partial charge in [-0.25, -0.2) is 0 Å². The smallest absolute Gasteiger partial charge is 0.254 e. The summed E-state index contributed by atoms with van der Waals surface area (Å²) in [5.74, 6) is 1.48. The van der Waals surface area contributed by atoms with E-state index in [-0.39, 0.29) is 12.5 Å². The van der Waals surface area contributed by atoms with E-state index in [1.54, 1.807) is 12.1 Å². The average Bonchev–Trinajstić information content (AvgIpc) is 2.88. The summed E-state index contributed by atoms with van der Waals surface area (Å²) in [5.41, 5.74) is 3.08. The molecule has 0 atom stereocenters. The second kappa shape index (κ2) is 10.6. The van der Waals surface area contributed by atoms with Crippen LogP contribution in [0.5, 0.6) is 11.5 Å². The van der Waals surface area contributed by atoms with Crippen molar-refractivity contribution >= 4 is 11.6 Å². The molecule has 168 valence electrons. The maximum atomic E-state index is 13.1. The van der Waals surface area contributed by atoms with Crippen molar-refractivity contribution < 1.29 is 14.3 Å². The van der Waals surface area contributed by atoms with Gasteiger partial charge in [0.1, 0.15) is 18.1 Å². The summed E-state index contributed by atoms with van der Waals surface area (Å²) in [4.78, 5) is 17.3. The number of benzene rings is 3. The van der Waals surface area contributed by atoms with Gasteiger partial charge in [-0.1, -0.05) is 36.4 Å². The molecular formula is C27H27N3O3. The highest BCUT2D eigenvalue weighted by atomic mass is 16.5. The van der Waals surface area contributed by atoms with Gasteiger partial charge in [-0.3, -0.25) is 4.79 Å². The molecule has 0 aliphatic carbocycles. The Labute approximate surface area is 194 Å². The number of nitriles is 1. The number of ether oxygens (including phenoxy) is 2. The van der Waals surface area contributed by atoms with Gasteiger partial charge in [0.2, 0.25) is 0 Å². The Hall–Kier alpha value is -3.98. The third-order valence-corrected chi connectivity index (χ3v) is 5.69. The van der Waals surface area contributed by atoms with Crippen LogP contribution >= 0.6 is 0 Å². The summed E-state index contributed by atoms with van der Waals surface area (Å²) < 4.78 is 11.6. The van der Waals surface area contributed by atoms with E-state index in [1.807, 2.05) is 66.4 Å². The number of carbonyl (C=O) groups excluding carboxylic acids is 1. The number of carbonyl (C=O) groups is 1. The van der Waals surface area contributed by atoms with Crippen molar-refractivity contribution in [1.82, 2.24) is 4.90 Å². The fourth-order valence-electron chi connectivity index (χ4n) is 3.96. The molecule has 1 aliphatic heterocycles. The van der Waals surface area contributed by atoms with Crippen molar-refractivity contribution in [2.75, 3.05) is 37.7 Å². The van der Waals surface area contributed by atoms with Crippen LogP contribution in [0.2, 0.25) is 0 Å². The first-order chi connectivity index (χ1) is 16.2. The van der Waals surface area contributed by atoms with Crippen LogP contribution in [0.3, 0.4) is 0 Å². The van der Waals surface area contributed by atoms with Crippen LogP contribution in [0.25, 0.3) is 0 Å². The Balaban J connectivity index is 1.38. The van der Waals surface area contributed by atoms with E-state index in [0.29, 0.717) is 36.6 Å². The predicted molar refractivity (Wildman–Crippen MR) is 128 cm³/mol. The number of nitrogens with zero attached hydrogens (tertiary/aromatic N) is 3. The molecule has 1 amide bonds. The molecule has 1 aliphatic rings. The Morgan fingerprint density at radius 3 is 2.48 bits per heavy atom. The minimum absolute atomic E-state index is 0.00406. The first kappa shape index (κ1) is 22.2. The summed E-state index contributed by atoms with van der Waals surface area (Å²) in [5, 5.41) is 9.24. The van der Waals surface area contributed by atoms with Crippen molar-refractivity contribution in [3.8, 4) is 17.6 Å². The Bertz CT molecular complexity index is 1150. The lowest BCUT2D eigenvalue weighted by Gasteiger charge is -2.36. The summed E-state index contributed by atoms with van der Waals surface area (Å²) in [6.07, 6.45) is 0. The molecule has 6 nitrogen and oxygen atoms in total. The zero-order valence-electron chi connectivity index (χ0n) is 18.7. The highest BCUT2D eigenvalue weighted by molar-refractivity contribution is 5.94. The van der Waals surface area contributed by atoms with Crippen molar-refractivity contribution in [2.24, 2.45) is 0 Å². The third-order valence-electron chi connectivity index (χ3n) is 5.69. The molecule has 0 saturated carbocycles. The van der Waals surface area contributed by atoms with E-state index in [4.69, 9.17) is 9.47 Å². The molecular weight excluding hydrogens is 414 g/mol. The monoisotopic (exact) mass is 441 g/mol. The van der Waals surface area contributed by atoms with Gasteiger partial charge in [-0.15, -0.1) is 0 Å². The van der Waals surface area contributed by atoms with E-state index in [1.165, 1.54) is 0 Å². The molecule has 3 aromatic rings. The highest BCUT2D eigenvalue weighted by Crippen LogP contribution is 2.29. The number of rotatable bonds is 7. The lowest BCUT2D eigenvalue weighted by Crippen LogP contribution is -2.48. The molecule has 0 bridgehead atoms. The normalized spacial score (nSPS) is 13.3. The maximum absolute atomic E-state index is 13.1. The van der Waals surface area contributed by atoms with Crippen molar-refractivity contribution in [3.05, 3.63) is 89.5 Å². The second-order valence-corrected chi connectivity index (χ2v) is 7.77. The Morgan fingerprint density at radius 2 is 1.70 bits per heavy atom. The molecule has 0 N–H and O–H groups in total. The van der Waals surface area contributed by atoms with E-state index in [2.05, 4.69) is 17.0 Å². The maximum Gasteiger partial charge on any atom is 0.254 e. The van der Waals surface area contributed by atoms with Gasteiger partial charge in [0.05, 0.1) is 23.9 Å². The fraction of sp³-hybridized carbons (Fsp3) is 0.259. The van der Waals surface area contributed by atoms with Crippen LogP contribution in [-0.4, -0.2) is 43.6 Å². The number of piperazine rings is 1. The Kier molecular flexibility index (Phi) is 7.11. The van der Waals surface area contributed by atoms with Crippen LogP contribution in [0, 0.1) is 11.3 Å². The number of amides is 1. The van der Waals surface area contributed by atoms with Gasteiger partial charge in [0.15, 0.2) is 0 Å². The van der Waals surface area contributed by atoms with E-state index >= 15 is 0 Å². The quantitative estimate of drug-likeness (QED) is 0.540. The van der Waals surface area contributed by atoms with Gasteiger partial charge in [0, 0.05) is 37.3 Å². The van der Waals surface area contributed by atoms with Crippen LogP contribution in [0.4, 0.5) is 5.69 Å². The number of anilines is 1. The summed E-state index contributed by atoms with van der Waals surface area (Å²) in [7, 11) is 0. The molecule has 1 fully saturated rings. The number of para-hydroxylation sites is 2. The molecule has 4 rings (SSSR count). The van der Waals surface area contributed by atoms with Crippen LogP contribution in [0.15, 0.2) is 72.8 Å². The number of hydrogen-bond donors (Lipinski definition) is 0. The van der Waals surface area contributed by atoms with Crippen molar-refractivity contribution in [2.45, 2.75) is 13.5 Å². The molecule has 1 saturated heterocycles. The lowest BCUT2D eigenvalue weighted by atomic mass is 10.1. The summed E-state index contributed by atoms with van der Waals surface area (Å²) in [6, 6.07) is 24.8. The first-order valence-corrected chi connectivity index (χ1v) is 11.2. The fourth-order valence-corrected chi connectivity index (χ4v) is 3.96. The number of hydrogen-bond acceptors (Lipinski definition) is 5. The molecule has 6 heteroatoms. The second-order valence-electron chi connectivity index (χ2n) is 7.77. The van der Waals surface area contributed by atoms with Crippen LogP contribution < -0.4 is 14.4 Å². The van der Waals surface area contributed by atoms with Gasteiger partial charge < -0.3 is 19.3 Å². The van der Waals surface area contributed by atoms with E-state index < -0.39 is 0 Å². The van der Waals surface area contributed by atoms with Crippen LogP contribution in [-0.2, 0) is 6.61 Å². The van der Waals surface area contributed by atoms with Crippen LogP contribution in [0.1, 0.15) is 28.4 Å². The molecule has 33 heavy (non-hydrogen) atoms. The van der Waals surface area contributed by atoms with Gasteiger partial charge >= 0.3 is 0 Å². The molecule has 0 radical (unpaired) electrons. The van der Waals surface area contributed by atoms with E-state index in [9.17, 15) is 10.1 Å². The SMILES string of the molecule is CCOc1ccccc1N1CCN(C(=O)c2cccc(OCc3ccccc3C#N)c2)CC1. The zero-order valence-corrected chi connectivity index (χ0v) is 18.7. The average molecular weight is 442 g/mol. The topological polar surface area (TPSA) is 65.8 Å². The third kappa shape index (κ3) is 5.27. The minimum atomic E-state index is -0.00406. The summed E-state index contributed by atoms with van der Waals surface area (Å²) >= 11 is 0. The van der Waals surface area contributed by atoms with Gasteiger partial charge in [-0.2, -0.15) is 5.26 Å². The zero-order chi connectivity index (χ0) is 23.0. The Morgan fingerprint density at radius 1 is 0.939 bits per heavy atom. The lowest BCUT2D eigenvalue weighted by molar-refractivity contribution is 0.0746. The van der Waals surface area contributed by atoms with Crippen molar-refractivity contribution in [3.63, 3.8) is 0 Å². The molecule has 0 unspecified atom stereocenters. The molecule has 1 heterocycles. The largest absolute Gasteiger partial charge is 0.492 e.